The van der Waals surface area contributed by atoms with Gasteiger partial charge in [0, 0.05) is 12.6 Å². The van der Waals surface area contributed by atoms with Crippen molar-refractivity contribution in [3.8, 4) is 0 Å². The van der Waals surface area contributed by atoms with E-state index in [2.05, 4.69) is 4.98 Å². The van der Waals surface area contributed by atoms with Crippen LogP contribution in [0.3, 0.4) is 0 Å². The van der Waals surface area contributed by atoms with Gasteiger partial charge in [-0.3, -0.25) is 4.98 Å². The van der Waals surface area contributed by atoms with Crippen molar-refractivity contribution in [1.82, 2.24) is 4.98 Å². The zero-order valence-electron chi connectivity index (χ0n) is 7.11. The first-order valence-electron chi connectivity index (χ1n) is 3.87. The van der Waals surface area contributed by atoms with Crippen LogP contribution in [0.25, 0.3) is 0 Å². The lowest BCUT2D eigenvalue weighted by Crippen LogP contribution is -2.14. The second-order valence-electron chi connectivity index (χ2n) is 2.65. The molecular formula is C8H8ClF3N2. The van der Waals surface area contributed by atoms with E-state index in [0.29, 0.717) is 0 Å². The number of nitrogens with zero attached hydrogens (tertiary/aromatic N) is 1. The quantitative estimate of drug-likeness (QED) is 0.837. The lowest BCUT2D eigenvalue weighted by molar-refractivity contribution is -0.138. The summed E-state index contributed by atoms with van der Waals surface area (Å²) in [6, 6.07) is 1.12. The number of rotatable bonds is 2. The highest BCUT2D eigenvalue weighted by atomic mass is 35.5. The molecule has 0 aromatic carbocycles. The van der Waals surface area contributed by atoms with Gasteiger partial charge in [-0.2, -0.15) is 13.2 Å². The molecule has 2 N–H and O–H groups in total. The molecule has 14 heavy (non-hydrogen) atoms. The summed E-state index contributed by atoms with van der Waals surface area (Å²) in [7, 11) is 0. The molecule has 78 valence electrons. The summed E-state index contributed by atoms with van der Waals surface area (Å²) in [4.78, 5) is 3.61. The standard InChI is InChI=1S/C8H8ClF3N2/c9-5-2-4-14-6(1-3-13)7(5)8(10,11)12/h2,4H,1,3,13H2. The van der Waals surface area contributed by atoms with Crippen molar-refractivity contribution in [2.45, 2.75) is 12.6 Å². The molecule has 0 aliphatic carbocycles. The van der Waals surface area contributed by atoms with Crippen molar-refractivity contribution in [3.05, 3.63) is 28.5 Å². The molecule has 1 aromatic rings. The topological polar surface area (TPSA) is 38.9 Å². The van der Waals surface area contributed by atoms with Gasteiger partial charge in [-0.1, -0.05) is 11.6 Å². The Hall–Kier alpha value is -0.810. The SMILES string of the molecule is NCCc1nccc(Cl)c1C(F)(F)F. The van der Waals surface area contributed by atoms with Crippen LogP contribution < -0.4 is 5.73 Å². The highest BCUT2D eigenvalue weighted by Crippen LogP contribution is 2.36. The Morgan fingerprint density at radius 1 is 1.43 bits per heavy atom. The molecule has 2 nitrogen and oxygen atoms in total. The highest BCUT2D eigenvalue weighted by Gasteiger charge is 2.36. The summed E-state index contributed by atoms with van der Waals surface area (Å²) in [5.41, 5.74) is 4.19. The minimum absolute atomic E-state index is 0.0649. The molecule has 1 heterocycles. The Labute approximate surface area is 83.9 Å². The lowest BCUT2D eigenvalue weighted by atomic mass is 10.1. The van der Waals surface area contributed by atoms with Crippen LogP contribution in [0.2, 0.25) is 5.02 Å². The third-order valence-corrected chi connectivity index (χ3v) is 1.96. The predicted molar refractivity (Wildman–Crippen MR) is 47.0 cm³/mol. The first-order valence-corrected chi connectivity index (χ1v) is 4.25. The van der Waals surface area contributed by atoms with Gasteiger partial charge in [-0.25, -0.2) is 0 Å². The van der Waals surface area contributed by atoms with Crippen LogP contribution in [0, 0.1) is 0 Å². The molecule has 1 aromatic heterocycles. The number of hydrogen-bond donors (Lipinski definition) is 1. The predicted octanol–water partition coefficient (Wildman–Crippen LogP) is 2.25. The van der Waals surface area contributed by atoms with E-state index in [1.165, 1.54) is 6.20 Å². The van der Waals surface area contributed by atoms with Crippen LogP contribution in [0.1, 0.15) is 11.3 Å². The van der Waals surface area contributed by atoms with E-state index < -0.39 is 11.7 Å². The largest absolute Gasteiger partial charge is 0.419 e. The Morgan fingerprint density at radius 3 is 2.57 bits per heavy atom. The third kappa shape index (κ3) is 2.36. The molecule has 0 atom stereocenters. The van der Waals surface area contributed by atoms with Crippen molar-refractivity contribution in [2.24, 2.45) is 5.73 Å². The normalized spacial score (nSPS) is 11.8. The van der Waals surface area contributed by atoms with E-state index in [1.54, 1.807) is 0 Å². The van der Waals surface area contributed by atoms with Crippen LogP contribution >= 0.6 is 11.6 Å². The fraction of sp³-hybridized carbons (Fsp3) is 0.375. The maximum absolute atomic E-state index is 12.5. The van der Waals surface area contributed by atoms with Crippen molar-refractivity contribution in [1.29, 1.82) is 0 Å². The first kappa shape index (κ1) is 11.3. The summed E-state index contributed by atoms with van der Waals surface area (Å²) in [5, 5.41) is -0.337. The van der Waals surface area contributed by atoms with Gasteiger partial charge in [0.05, 0.1) is 16.3 Å². The highest BCUT2D eigenvalue weighted by molar-refractivity contribution is 6.31. The van der Waals surface area contributed by atoms with Gasteiger partial charge in [-0.15, -0.1) is 0 Å². The Balaban J connectivity index is 3.22. The zero-order chi connectivity index (χ0) is 10.8. The Bertz CT molecular complexity index is 325. The average molecular weight is 225 g/mol. The molecule has 0 aliphatic heterocycles. The van der Waals surface area contributed by atoms with E-state index >= 15 is 0 Å². The summed E-state index contributed by atoms with van der Waals surface area (Å²) in [5.74, 6) is 0. The number of aromatic nitrogens is 1. The molecule has 6 heteroatoms. The molecule has 0 radical (unpaired) electrons. The second-order valence-corrected chi connectivity index (χ2v) is 3.06. The molecule has 0 aliphatic rings. The minimum atomic E-state index is -4.48. The van der Waals surface area contributed by atoms with Gasteiger partial charge in [0.1, 0.15) is 0 Å². The van der Waals surface area contributed by atoms with Crippen LogP contribution in [0.5, 0.6) is 0 Å². The Morgan fingerprint density at radius 2 is 2.07 bits per heavy atom. The van der Waals surface area contributed by atoms with Crippen molar-refractivity contribution in [3.63, 3.8) is 0 Å². The van der Waals surface area contributed by atoms with Gasteiger partial charge < -0.3 is 5.73 Å². The molecular weight excluding hydrogens is 217 g/mol. The van der Waals surface area contributed by atoms with Crippen molar-refractivity contribution in [2.75, 3.05) is 6.54 Å². The molecule has 1 rings (SSSR count). The molecule has 0 saturated carbocycles. The molecule has 0 fully saturated rings. The smallest absolute Gasteiger partial charge is 0.330 e. The van der Waals surface area contributed by atoms with Gasteiger partial charge in [0.15, 0.2) is 0 Å². The molecule has 0 unspecified atom stereocenters. The van der Waals surface area contributed by atoms with Crippen molar-refractivity contribution >= 4 is 11.6 Å². The first-order chi connectivity index (χ1) is 6.46. The summed E-state index contributed by atoms with van der Waals surface area (Å²) < 4.78 is 37.4. The average Bonchev–Trinajstić information content (AvgIpc) is 2.02. The zero-order valence-corrected chi connectivity index (χ0v) is 7.86. The number of nitrogens with two attached hydrogens (primary N) is 1. The van der Waals surface area contributed by atoms with E-state index in [1.807, 2.05) is 0 Å². The van der Waals surface area contributed by atoms with Crippen LogP contribution in [-0.2, 0) is 12.6 Å². The van der Waals surface area contributed by atoms with Gasteiger partial charge in [-0.05, 0) is 12.6 Å². The van der Waals surface area contributed by atoms with Crippen LogP contribution in [0.4, 0.5) is 13.2 Å². The second kappa shape index (κ2) is 4.14. The molecule has 0 saturated heterocycles. The number of alkyl halides is 3. The summed E-state index contributed by atoms with van der Waals surface area (Å²) >= 11 is 5.45. The fourth-order valence-corrected chi connectivity index (χ4v) is 1.38. The molecule has 0 bridgehead atoms. The lowest BCUT2D eigenvalue weighted by Gasteiger charge is -2.12. The number of hydrogen-bond acceptors (Lipinski definition) is 2. The van der Waals surface area contributed by atoms with Crippen molar-refractivity contribution < 1.29 is 13.2 Å². The summed E-state index contributed by atoms with van der Waals surface area (Å²) in [6.45, 7) is 0.108. The van der Waals surface area contributed by atoms with Crippen LogP contribution in [0.15, 0.2) is 12.3 Å². The van der Waals surface area contributed by atoms with E-state index in [4.69, 9.17) is 17.3 Å². The van der Waals surface area contributed by atoms with E-state index in [9.17, 15) is 13.2 Å². The number of halogens is 4. The maximum Gasteiger partial charge on any atom is 0.419 e. The van der Waals surface area contributed by atoms with Gasteiger partial charge >= 0.3 is 6.18 Å². The third-order valence-electron chi connectivity index (χ3n) is 1.64. The van der Waals surface area contributed by atoms with Gasteiger partial charge in [0.2, 0.25) is 0 Å². The monoisotopic (exact) mass is 224 g/mol. The van der Waals surface area contributed by atoms with Crippen LogP contribution in [-0.4, -0.2) is 11.5 Å². The van der Waals surface area contributed by atoms with E-state index in [0.717, 1.165) is 6.07 Å². The molecule has 0 spiro atoms. The fourth-order valence-electron chi connectivity index (χ4n) is 1.10. The molecule has 0 amide bonds. The summed E-state index contributed by atoms with van der Waals surface area (Å²) in [6.07, 6.45) is -3.17. The number of pyridine rings is 1. The van der Waals surface area contributed by atoms with E-state index in [-0.39, 0.29) is 23.7 Å². The minimum Gasteiger partial charge on any atom is -0.330 e. The maximum atomic E-state index is 12.5. The Kier molecular flexibility index (Phi) is 3.34. The van der Waals surface area contributed by atoms with Gasteiger partial charge in [0.25, 0.3) is 0 Å².